The van der Waals surface area contributed by atoms with E-state index in [0.29, 0.717) is 24.3 Å². The highest BCUT2D eigenvalue weighted by Crippen LogP contribution is 2.57. The molecule has 4 nitrogen and oxygen atoms in total. The zero-order chi connectivity index (χ0) is 18.4. The van der Waals surface area contributed by atoms with Crippen molar-refractivity contribution in [1.29, 1.82) is 0 Å². The van der Waals surface area contributed by atoms with Gasteiger partial charge in [-0.05, 0) is 80.8 Å². The monoisotopic (exact) mass is 366 g/mol. The minimum absolute atomic E-state index is 0.0591. The second-order valence-corrected chi connectivity index (χ2v) is 9.44. The van der Waals surface area contributed by atoms with Gasteiger partial charge in [0.2, 0.25) is 11.8 Å². The Hall–Kier alpha value is -1.84. The molecule has 144 valence electrons. The van der Waals surface area contributed by atoms with Gasteiger partial charge in [-0.15, -0.1) is 0 Å². The number of hydrogen-bond acceptors (Lipinski definition) is 2. The van der Waals surface area contributed by atoms with Gasteiger partial charge in [-0.1, -0.05) is 18.2 Å². The molecule has 0 aromatic heterocycles. The van der Waals surface area contributed by atoms with Crippen molar-refractivity contribution in [3.05, 3.63) is 30.3 Å². The van der Waals surface area contributed by atoms with Crippen LogP contribution in [0.25, 0.3) is 0 Å². The SMILES string of the molecule is O=C(Nc1ccccc1)C1CCCN(C(=O)C2C3CC4CC(C3)CC2C4)C1. The molecule has 2 amide bonds. The van der Waals surface area contributed by atoms with Crippen molar-refractivity contribution in [1.82, 2.24) is 4.90 Å². The van der Waals surface area contributed by atoms with Crippen LogP contribution in [0.5, 0.6) is 0 Å². The minimum Gasteiger partial charge on any atom is -0.342 e. The Morgan fingerprint density at radius 1 is 0.926 bits per heavy atom. The zero-order valence-corrected chi connectivity index (χ0v) is 16.0. The number of hydrogen-bond donors (Lipinski definition) is 1. The number of piperidine rings is 1. The highest BCUT2D eigenvalue weighted by molar-refractivity contribution is 5.93. The lowest BCUT2D eigenvalue weighted by Gasteiger charge is -2.54. The van der Waals surface area contributed by atoms with Crippen LogP contribution in [0.2, 0.25) is 0 Å². The summed E-state index contributed by atoms with van der Waals surface area (Å²) in [5.41, 5.74) is 0.840. The van der Waals surface area contributed by atoms with Gasteiger partial charge in [0.25, 0.3) is 0 Å². The maximum atomic E-state index is 13.4. The average molecular weight is 367 g/mol. The van der Waals surface area contributed by atoms with Crippen LogP contribution in [-0.2, 0) is 9.59 Å². The van der Waals surface area contributed by atoms with E-state index in [2.05, 4.69) is 5.32 Å². The van der Waals surface area contributed by atoms with Gasteiger partial charge < -0.3 is 10.2 Å². The molecule has 4 saturated carbocycles. The first-order valence-electron chi connectivity index (χ1n) is 10.8. The number of carbonyl (C=O) groups excluding carboxylic acids is 2. The highest BCUT2D eigenvalue weighted by Gasteiger charge is 2.51. The number of anilines is 1. The summed E-state index contributed by atoms with van der Waals surface area (Å²) in [5, 5.41) is 3.03. The van der Waals surface area contributed by atoms with Crippen LogP contribution in [0.4, 0.5) is 5.69 Å². The van der Waals surface area contributed by atoms with E-state index in [1.807, 2.05) is 35.2 Å². The number of benzene rings is 1. The maximum Gasteiger partial charge on any atom is 0.229 e. The van der Waals surface area contributed by atoms with Gasteiger partial charge in [-0.25, -0.2) is 0 Å². The van der Waals surface area contributed by atoms with E-state index in [1.165, 1.54) is 32.1 Å². The molecule has 4 aliphatic carbocycles. The van der Waals surface area contributed by atoms with Crippen LogP contribution in [-0.4, -0.2) is 29.8 Å². The van der Waals surface area contributed by atoms with Crippen LogP contribution in [0.3, 0.4) is 0 Å². The number of carbonyl (C=O) groups is 2. The Labute approximate surface area is 161 Å². The number of amides is 2. The molecule has 4 heteroatoms. The molecule has 1 aliphatic heterocycles. The molecule has 4 bridgehead atoms. The van der Waals surface area contributed by atoms with Crippen molar-refractivity contribution in [2.24, 2.45) is 35.5 Å². The summed E-state index contributed by atoms with van der Waals surface area (Å²) in [5.74, 6) is 3.60. The van der Waals surface area contributed by atoms with E-state index in [-0.39, 0.29) is 17.7 Å². The number of para-hydroxylation sites is 1. The average Bonchev–Trinajstić information content (AvgIpc) is 2.68. The fourth-order valence-corrected chi connectivity index (χ4v) is 6.70. The normalized spacial score (nSPS) is 37.3. The summed E-state index contributed by atoms with van der Waals surface area (Å²) < 4.78 is 0. The predicted octanol–water partition coefficient (Wildman–Crippen LogP) is 3.94. The molecule has 6 rings (SSSR count). The smallest absolute Gasteiger partial charge is 0.229 e. The lowest BCUT2D eigenvalue weighted by atomic mass is 9.51. The van der Waals surface area contributed by atoms with Crippen LogP contribution < -0.4 is 5.32 Å². The molecule has 5 fully saturated rings. The summed E-state index contributed by atoms with van der Waals surface area (Å²) in [4.78, 5) is 28.2. The first-order chi connectivity index (χ1) is 13.2. The van der Waals surface area contributed by atoms with E-state index in [1.54, 1.807) is 0 Å². The molecule has 1 aromatic rings. The van der Waals surface area contributed by atoms with Crippen molar-refractivity contribution in [3.63, 3.8) is 0 Å². The third-order valence-electron chi connectivity index (χ3n) is 7.66. The van der Waals surface area contributed by atoms with E-state index in [0.717, 1.165) is 36.9 Å². The molecule has 27 heavy (non-hydrogen) atoms. The minimum atomic E-state index is -0.0836. The lowest BCUT2D eigenvalue weighted by molar-refractivity contribution is -0.151. The van der Waals surface area contributed by atoms with Crippen molar-refractivity contribution in [3.8, 4) is 0 Å². The number of rotatable bonds is 3. The molecular formula is C23H30N2O2. The fourth-order valence-electron chi connectivity index (χ4n) is 6.70. The first-order valence-corrected chi connectivity index (χ1v) is 10.8. The standard InChI is InChI=1S/C23H30N2O2/c26-22(24-20-6-2-1-3-7-20)17-5-4-8-25(14-17)23(27)21-18-10-15-9-16(12-18)13-19(21)11-15/h1-3,6-7,15-19,21H,4-5,8-14H2,(H,24,26). The Balaban J connectivity index is 1.24. The zero-order valence-electron chi connectivity index (χ0n) is 16.0. The molecule has 0 radical (unpaired) electrons. The number of nitrogens with one attached hydrogen (secondary N) is 1. The topological polar surface area (TPSA) is 49.4 Å². The van der Waals surface area contributed by atoms with Crippen molar-refractivity contribution >= 4 is 17.5 Å². The predicted molar refractivity (Wildman–Crippen MR) is 105 cm³/mol. The lowest BCUT2D eigenvalue weighted by Crippen LogP contribution is -2.54. The Bertz CT molecular complexity index is 688. The Morgan fingerprint density at radius 2 is 1.59 bits per heavy atom. The fraction of sp³-hybridized carbons (Fsp3) is 0.652. The Kier molecular flexibility index (Phi) is 4.45. The second kappa shape index (κ2) is 6.96. The largest absolute Gasteiger partial charge is 0.342 e. The molecule has 1 saturated heterocycles. The molecule has 0 spiro atoms. The van der Waals surface area contributed by atoms with E-state index in [9.17, 15) is 9.59 Å². The van der Waals surface area contributed by atoms with Gasteiger partial charge in [0, 0.05) is 24.7 Å². The van der Waals surface area contributed by atoms with Crippen LogP contribution in [0.1, 0.15) is 44.9 Å². The summed E-state index contributed by atoms with van der Waals surface area (Å²) >= 11 is 0. The highest BCUT2D eigenvalue weighted by atomic mass is 16.2. The van der Waals surface area contributed by atoms with Gasteiger partial charge in [-0.2, -0.15) is 0 Å². The van der Waals surface area contributed by atoms with Gasteiger partial charge in [-0.3, -0.25) is 9.59 Å². The maximum absolute atomic E-state index is 13.4. The molecular weight excluding hydrogens is 336 g/mol. The van der Waals surface area contributed by atoms with E-state index >= 15 is 0 Å². The van der Waals surface area contributed by atoms with Gasteiger partial charge in [0.15, 0.2) is 0 Å². The molecule has 1 N–H and O–H groups in total. The van der Waals surface area contributed by atoms with Gasteiger partial charge in [0.05, 0.1) is 5.92 Å². The summed E-state index contributed by atoms with van der Waals surface area (Å²) in [6.45, 7) is 1.43. The first kappa shape index (κ1) is 17.3. The van der Waals surface area contributed by atoms with E-state index in [4.69, 9.17) is 0 Å². The third kappa shape index (κ3) is 3.28. The summed E-state index contributed by atoms with van der Waals surface area (Å²) in [7, 11) is 0. The molecule has 1 atom stereocenters. The van der Waals surface area contributed by atoms with Crippen LogP contribution in [0, 0.1) is 35.5 Å². The van der Waals surface area contributed by atoms with Crippen LogP contribution >= 0.6 is 0 Å². The third-order valence-corrected chi connectivity index (χ3v) is 7.66. The number of nitrogens with zero attached hydrogens (tertiary/aromatic N) is 1. The van der Waals surface area contributed by atoms with Crippen molar-refractivity contribution in [2.75, 3.05) is 18.4 Å². The number of likely N-dealkylation sites (tertiary alicyclic amines) is 1. The quantitative estimate of drug-likeness (QED) is 0.881. The van der Waals surface area contributed by atoms with Crippen molar-refractivity contribution in [2.45, 2.75) is 44.9 Å². The van der Waals surface area contributed by atoms with E-state index < -0.39 is 0 Å². The van der Waals surface area contributed by atoms with Gasteiger partial charge in [0.1, 0.15) is 0 Å². The second-order valence-electron chi connectivity index (χ2n) is 9.44. The van der Waals surface area contributed by atoms with Crippen molar-refractivity contribution < 1.29 is 9.59 Å². The summed E-state index contributed by atoms with van der Waals surface area (Å²) in [6.07, 6.45) is 8.32. The summed E-state index contributed by atoms with van der Waals surface area (Å²) in [6, 6.07) is 9.63. The molecule has 1 unspecified atom stereocenters. The molecule has 5 aliphatic rings. The molecule has 1 heterocycles. The molecule has 1 aromatic carbocycles. The van der Waals surface area contributed by atoms with Gasteiger partial charge >= 0.3 is 0 Å². The van der Waals surface area contributed by atoms with Crippen LogP contribution in [0.15, 0.2) is 30.3 Å². The Morgan fingerprint density at radius 3 is 2.26 bits per heavy atom.